The Balaban J connectivity index is 1.46. The van der Waals surface area contributed by atoms with E-state index in [2.05, 4.69) is 24.0 Å². The molecule has 0 radical (unpaired) electrons. The Morgan fingerprint density at radius 1 is 0.933 bits per heavy atom. The molecule has 2 saturated carbocycles. The molecule has 2 fully saturated rings. The average molecular weight is 196 g/mol. The molecule has 0 aromatic carbocycles. The first kappa shape index (κ1) is 8.51. The number of hydrogen-bond donors (Lipinski definition) is 0. The lowest BCUT2D eigenvalue weighted by molar-refractivity contribution is 0.647. The maximum atomic E-state index is 3.46. The Bertz CT molecular complexity index is 373. The predicted octanol–water partition coefficient (Wildman–Crippen LogP) is 2.64. The maximum Gasteiger partial charge on any atom is 0.130 e. The summed E-state index contributed by atoms with van der Waals surface area (Å²) >= 11 is 0. The van der Waals surface area contributed by atoms with E-state index in [1.54, 1.807) is 0 Å². The molecule has 0 N–H and O–H groups in total. The largest absolute Gasteiger partial charge is 0.130 e. The molecule has 1 heteroatoms. The minimum atomic E-state index is 0.786. The average Bonchev–Trinajstić information content (AvgIpc) is 2.96. The lowest BCUT2D eigenvalue weighted by Crippen LogP contribution is -2.17. The normalized spacial score (nSPS) is 53.3. The summed E-state index contributed by atoms with van der Waals surface area (Å²) in [7, 11) is 1.49. The van der Waals surface area contributed by atoms with Crippen LogP contribution < -0.4 is 0 Å². The van der Waals surface area contributed by atoms with Crippen LogP contribution in [0.3, 0.4) is 0 Å². The molecule has 0 spiro atoms. The molecule has 0 saturated heterocycles. The summed E-state index contributed by atoms with van der Waals surface area (Å²) < 4.78 is 0. The summed E-state index contributed by atoms with van der Waals surface area (Å²) in [4.78, 5) is 0. The Morgan fingerprint density at radius 2 is 1.93 bits per heavy atom. The minimum absolute atomic E-state index is 0.786. The van der Waals surface area contributed by atoms with Gasteiger partial charge in [0.1, 0.15) is 7.28 Å². The van der Waals surface area contributed by atoms with E-state index < -0.39 is 0 Å². The molecule has 4 aliphatic rings. The second-order valence-electron chi connectivity index (χ2n) is 6.10. The van der Waals surface area contributed by atoms with Crippen LogP contribution in [0.15, 0.2) is 12.2 Å². The molecule has 0 heterocycles. The lowest BCUT2D eigenvalue weighted by Gasteiger charge is -2.23. The Labute approximate surface area is 92.8 Å². The molecule has 6 unspecified atom stereocenters. The standard InChI is InChI=1S/C14H17B/c1-3-11-5-9(1)7-13(11)15-14-8-10-2-4-12(14)6-10/h1,3,9-15H,5-8H2. The van der Waals surface area contributed by atoms with Gasteiger partial charge in [-0.1, -0.05) is 36.1 Å². The molecule has 4 bridgehead atoms. The van der Waals surface area contributed by atoms with E-state index in [0.717, 1.165) is 35.3 Å². The van der Waals surface area contributed by atoms with Crippen molar-refractivity contribution in [3.8, 4) is 11.8 Å². The quantitative estimate of drug-likeness (QED) is 0.362. The highest BCUT2D eigenvalue weighted by Crippen LogP contribution is 2.51. The van der Waals surface area contributed by atoms with Crippen LogP contribution in [0, 0.1) is 35.5 Å². The van der Waals surface area contributed by atoms with Gasteiger partial charge in [0.25, 0.3) is 0 Å². The highest BCUT2D eigenvalue weighted by Gasteiger charge is 2.42. The van der Waals surface area contributed by atoms with Crippen molar-refractivity contribution in [2.45, 2.75) is 37.3 Å². The van der Waals surface area contributed by atoms with Crippen LogP contribution in [-0.2, 0) is 0 Å². The summed E-state index contributed by atoms with van der Waals surface area (Å²) in [6, 6.07) is 0. The summed E-state index contributed by atoms with van der Waals surface area (Å²) in [5.74, 6) is 12.3. The first-order valence-electron chi connectivity index (χ1n) is 6.58. The highest BCUT2D eigenvalue weighted by molar-refractivity contribution is 6.40. The van der Waals surface area contributed by atoms with E-state index in [9.17, 15) is 0 Å². The van der Waals surface area contributed by atoms with Crippen molar-refractivity contribution in [1.29, 1.82) is 0 Å². The number of fused-ring (bicyclic) bond motifs is 4. The van der Waals surface area contributed by atoms with Gasteiger partial charge < -0.3 is 0 Å². The Morgan fingerprint density at radius 3 is 2.53 bits per heavy atom. The van der Waals surface area contributed by atoms with E-state index in [-0.39, 0.29) is 0 Å². The second kappa shape index (κ2) is 2.94. The Hall–Kier alpha value is -0.635. The zero-order valence-electron chi connectivity index (χ0n) is 9.15. The fourth-order valence-electron chi connectivity index (χ4n) is 4.46. The van der Waals surface area contributed by atoms with Gasteiger partial charge in [0, 0.05) is 11.8 Å². The predicted molar refractivity (Wildman–Crippen MR) is 64.0 cm³/mol. The van der Waals surface area contributed by atoms with Gasteiger partial charge in [-0.25, -0.2) is 0 Å². The molecule has 0 aliphatic heterocycles. The lowest BCUT2D eigenvalue weighted by atomic mass is 9.48. The van der Waals surface area contributed by atoms with E-state index in [1.807, 2.05) is 0 Å². The van der Waals surface area contributed by atoms with Crippen molar-refractivity contribution < 1.29 is 0 Å². The summed E-state index contributed by atoms with van der Waals surface area (Å²) in [6.07, 6.45) is 10.7. The van der Waals surface area contributed by atoms with Gasteiger partial charge >= 0.3 is 0 Å². The second-order valence-corrected chi connectivity index (χ2v) is 6.10. The molecule has 15 heavy (non-hydrogen) atoms. The molecular formula is C14H17B. The van der Waals surface area contributed by atoms with Crippen molar-refractivity contribution in [3.05, 3.63) is 12.2 Å². The topological polar surface area (TPSA) is 0 Å². The smallest absolute Gasteiger partial charge is 0.100 e. The summed E-state index contributed by atoms with van der Waals surface area (Å²) in [5.41, 5.74) is 0. The first-order chi connectivity index (χ1) is 7.38. The van der Waals surface area contributed by atoms with Crippen LogP contribution in [0.2, 0.25) is 11.6 Å². The van der Waals surface area contributed by atoms with Crippen molar-refractivity contribution in [2.75, 3.05) is 0 Å². The number of rotatable bonds is 2. The van der Waals surface area contributed by atoms with Gasteiger partial charge in [0.05, 0.1) is 0 Å². The van der Waals surface area contributed by atoms with Gasteiger partial charge in [-0.15, -0.1) is 5.92 Å². The van der Waals surface area contributed by atoms with Crippen LogP contribution in [0.5, 0.6) is 0 Å². The van der Waals surface area contributed by atoms with Crippen molar-refractivity contribution in [3.63, 3.8) is 0 Å². The third-order valence-corrected chi connectivity index (χ3v) is 5.19. The van der Waals surface area contributed by atoms with E-state index in [0.29, 0.717) is 0 Å². The zero-order chi connectivity index (χ0) is 9.83. The van der Waals surface area contributed by atoms with E-state index >= 15 is 0 Å². The van der Waals surface area contributed by atoms with Gasteiger partial charge in [-0.05, 0) is 31.1 Å². The van der Waals surface area contributed by atoms with Gasteiger partial charge in [0.2, 0.25) is 0 Å². The molecule has 76 valence electrons. The van der Waals surface area contributed by atoms with E-state index in [4.69, 9.17) is 0 Å². The fourth-order valence-corrected chi connectivity index (χ4v) is 4.46. The van der Waals surface area contributed by atoms with Gasteiger partial charge in [0.15, 0.2) is 0 Å². The maximum absolute atomic E-state index is 3.46. The molecule has 0 aromatic rings. The number of allylic oxidation sites excluding steroid dienone is 2. The molecule has 0 aromatic heterocycles. The summed E-state index contributed by atoms with van der Waals surface area (Å²) in [5, 5.41) is 0. The zero-order valence-corrected chi connectivity index (χ0v) is 9.15. The van der Waals surface area contributed by atoms with Crippen LogP contribution in [0.25, 0.3) is 0 Å². The fraction of sp³-hybridized carbons (Fsp3) is 0.714. The van der Waals surface area contributed by atoms with Gasteiger partial charge in [-0.2, -0.15) is 0 Å². The number of hydrogen-bond acceptors (Lipinski definition) is 0. The molecular weight excluding hydrogens is 179 g/mol. The SMILES string of the molecule is B(C1CC2C#CC1C2)C1CC2C=CC1C2. The van der Waals surface area contributed by atoms with Crippen molar-refractivity contribution in [2.24, 2.45) is 23.7 Å². The molecule has 0 amide bonds. The third kappa shape index (κ3) is 1.24. The van der Waals surface area contributed by atoms with Crippen LogP contribution >= 0.6 is 0 Å². The highest BCUT2D eigenvalue weighted by atomic mass is 14.4. The van der Waals surface area contributed by atoms with E-state index in [1.165, 1.54) is 33.0 Å². The van der Waals surface area contributed by atoms with Crippen LogP contribution in [-0.4, -0.2) is 7.28 Å². The Kier molecular flexibility index (Phi) is 1.67. The minimum Gasteiger partial charge on any atom is -0.100 e. The van der Waals surface area contributed by atoms with Gasteiger partial charge in [-0.3, -0.25) is 0 Å². The first-order valence-corrected chi connectivity index (χ1v) is 6.58. The molecule has 4 aliphatic carbocycles. The van der Waals surface area contributed by atoms with Crippen molar-refractivity contribution >= 4 is 7.28 Å². The monoisotopic (exact) mass is 196 g/mol. The third-order valence-electron chi connectivity index (χ3n) is 5.19. The molecule has 6 atom stereocenters. The van der Waals surface area contributed by atoms with Crippen LogP contribution in [0.4, 0.5) is 0 Å². The van der Waals surface area contributed by atoms with Crippen LogP contribution in [0.1, 0.15) is 25.7 Å². The molecule has 0 nitrogen and oxygen atoms in total. The summed E-state index contributed by atoms with van der Waals surface area (Å²) in [6.45, 7) is 0. The van der Waals surface area contributed by atoms with Crippen molar-refractivity contribution in [1.82, 2.24) is 0 Å². The molecule has 4 rings (SSSR count).